The molecule has 0 spiro atoms. The zero-order chi connectivity index (χ0) is 14.2. The Morgan fingerprint density at radius 2 is 2.00 bits per heavy atom. The molecule has 0 amide bonds. The molecule has 0 bridgehead atoms. The second-order valence-corrected chi connectivity index (χ2v) is 7.37. The summed E-state index contributed by atoms with van der Waals surface area (Å²) in [7, 11) is -3.47. The van der Waals surface area contributed by atoms with Crippen molar-refractivity contribution in [2.24, 2.45) is 5.92 Å². The van der Waals surface area contributed by atoms with Crippen molar-refractivity contribution >= 4 is 15.7 Å². The zero-order valence-corrected chi connectivity index (χ0v) is 12.5. The molecular weight excluding hydrogens is 260 g/mol. The van der Waals surface area contributed by atoms with E-state index in [1.54, 1.807) is 6.07 Å². The predicted molar refractivity (Wildman–Crippen MR) is 77.5 cm³/mol. The van der Waals surface area contributed by atoms with E-state index in [4.69, 9.17) is 5.73 Å². The lowest BCUT2D eigenvalue weighted by atomic mass is 10.1. The first kappa shape index (κ1) is 14.3. The summed E-state index contributed by atoms with van der Waals surface area (Å²) in [6.07, 6.45) is 3.37. The minimum atomic E-state index is -3.47. The van der Waals surface area contributed by atoms with Gasteiger partial charge in [0.25, 0.3) is 0 Å². The van der Waals surface area contributed by atoms with Gasteiger partial charge in [0.2, 0.25) is 10.0 Å². The Hall–Kier alpha value is -1.07. The number of benzene rings is 1. The molecule has 0 radical (unpaired) electrons. The molecule has 0 aromatic heterocycles. The van der Waals surface area contributed by atoms with Gasteiger partial charge in [-0.25, -0.2) is 13.1 Å². The summed E-state index contributed by atoms with van der Waals surface area (Å²) < 4.78 is 27.3. The van der Waals surface area contributed by atoms with E-state index in [-0.39, 0.29) is 10.9 Å². The molecule has 0 saturated heterocycles. The van der Waals surface area contributed by atoms with E-state index in [0.29, 0.717) is 11.6 Å². The number of rotatable bonds is 5. The molecule has 4 nitrogen and oxygen atoms in total. The highest BCUT2D eigenvalue weighted by atomic mass is 32.2. The van der Waals surface area contributed by atoms with Crippen LogP contribution < -0.4 is 10.5 Å². The quantitative estimate of drug-likeness (QED) is 0.814. The van der Waals surface area contributed by atoms with Crippen molar-refractivity contribution in [3.05, 3.63) is 23.3 Å². The molecule has 1 unspecified atom stereocenters. The first-order chi connectivity index (χ1) is 8.79. The maximum atomic E-state index is 12.3. The average molecular weight is 282 g/mol. The Morgan fingerprint density at radius 3 is 2.53 bits per heavy atom. The maximum absolute atomic E-state index is 12.3. The lowest BCUT2D eigenvalue weighted by molar-refractivity contribution is 0.530. The molecule has 1 saturated carbocycles. The largest absolute Gasteiger partial charge is 0.398 e. The van der Waals surface area contributed by atoms with Gasteiger partial charge in [0, 0.05) is 11.7 Å². The second kappa shape index (κ2) is 5.13. The van der Waals surface area contributed by atoms with Crippen LogP contribution in [0.15, 0.2) is 17.0 Å². The summed E-state index contributed by atoms with van der Waals surface area (Å²) in [5, 5.41) is 0. The molecule has 19 heavy (non-hydrogen) atoms. The van der Waals surface area contributed by atoms with Crippen LogP contribution in [0.5, 0.6) is 0 Å². The molecule has 1 aromatic carbocycles. The van der Waals surface area contributed by atoms with Crippen molar-refractivity contribution in [2.45, 2.75) is 51.0 Å². The summed E-state index contributed by atoms with van der Waals surface area (Å²) in [6, 6.07) is 3.19. The fourth-order valence-corrected chi connectivity index (χ4v) is 3.62. The smallest absolute Gasteiger partial charge is 0.240 e. The Labute approximate surface area is 115 Å². The number of aryl methyl sites for hydroxylation is 1. The van der Waals surface area contributed by atoms with Gasteiger partial charge < -0.3 is 5.73 Å². The number of hydrogen-bond acceptors (Lipinski definition) is 3. The van der Waals surface area contributed by atoms with Crippen LogP contribution in [0.3, 0.4) is 0 Å². The summed E-state index contributed by atoms with van der Waals surface area (Å²) in [4.78, 5) is 0.260. The minimum Gasteiger partial charge on any atom is -0.398 e. The van der Waals surface area contributed by atoms with E-state index in [1.807, 2.05) is 20.8 Å². The van der Waals surface area contributed by atoms with Crippen LogP contribution in [0.2, 0.25) is 0 Å². The van der Waals surface area contributed by atoms with Crippen molar-refractivity contribution < 1.29 is 8.42 Å². The van der Waals surface area contributed by atoms with Crippen molar-refractivity contribution in [1.29, 1.82) is 0 Å². The molecule has 106 valence electrons. The van der Waals surface area contributed by atoms with E-state index in [0.717, 1.165) is 17.5 Å². The van der Waals surface area contributed by atoms with Gasteiger partial charge in [0.05, 0.1) is 4.90 Å². The summed E-state index contributed by atoms with van der Waals surface area (Å²) in [6.45, 7) is 5.68. The number of nitrogen functional groups attached to an aromatic ring is 1. The molecule has 5 heteroatoms. The summed E-state index contributed by atoms with van der Waals surface area (Å²) in [5.41, 5.74) is 8.20. The van der Waals surface area contributed by atoms with Crippen molar-refractivity contribution in [3.8, 4) is 0 Å². The number of nitrogens with two attached hydrogens (primary N) is 1. The van der Waals surface area contributed by atoms with E-state index in [2.05, 4.69) is 4.72 Å². The highest BCUT2D eigenvalue weighted by Gasteiger charge is 2.26. The van der Waals surface area contributed by atoms with Crippen LogP contribution in [0.4, 0.5) is 5.69 Å². The van der Waals surface area contributed by atoms with Gasteiger partial charge in [-0.3, -0.25) is 0 Å². The van der Waals surface area contributed by atoms with Gasteiger partial charge >= 0.3 is 0 Å². The monoisotopic (exact) mass is 282 g/mol. The van der Waals surface area contributed by atoms with Gasteiger partial charge in [0.15, 0.2) is 0 Å². The molecule has 1 atom stereocenters. The van der Waals surface area contributed by atoms with Crippen molar-refractivity contribution in [1.82, 2.24) is 4.72 Å². The average Bonchev–Trinajstić information content (AvgIpc) is 3.08. The Bertz CT molecular complexity index is 554. The SMILES string of the molecule is Cc1cc(S(=O)(=O)NC(C)CC2CC2)cc(N)c1C. The standard InChI is InChI=1S/C14H22N2O2S/c1-9-6-13(8-14(15)11(9)3)19(17,18)16-10(2)7-12-4-5-12/h6,8,10,12,16H,4-5,7,15H2,1-3H3. The highest BCUT2D eigenvalue weighted by molar-refractivity contribution is 7.89. The van der Waals surface area contributed by atoms with E-state index in [9.17, 15) is 8.42 Å². The van der Waals surface area contributed by atoms with Crippen LogP contribution in [0, 0.1) is 19.8 Å². The normalized spacial score (nSPS) is 17.4. The van der Waals surface area contributed by atoms with Crippen LogP contribution in [-0.4, -0.2) is 14.5 Å². The van der Waals surface area contributed by atoms with Gasteiger partial charge in [-0.05, 0) is 56.4 Å². The fourth-order valence-electron chi connectivity index (χ4n) is 2.24. The number of nitrogens with one attached hydrogen (secondary N) is 1. The van der Waals surface area contributed by atoms with Crippen LogP contribution in [0.1, 0.15) is 37.3 Å². The predicted octanol–water partition coefficient (Wildman–Crippen LogP) is 2.35. The highest BCUT2D eigenvalue weighted by Crippen LogP contribution is 2.33. The van der Waals surface area contributed by atoms with Gasteiger partial charge in [-0.2, -0.15) is 0 Å². The van der Waals surface area contributed by atoms with Crippen LogP contribution in [-0.2, 0) is 10.0 Å². The topological polar surface area (TPSA) is 72.2 Å². The summed E-state index contributed by atoms with van der Waals surface area (Å²) >= 11 is 0. The summed E-state index contributed by atoms with van der Waals surface area (Å²) in [5.74, 6) is 0.697. The van der Waals surface area contributed by atoms with Crippen molar-refractivity contribution in [2.75, 3.05) is 5.73 Å². The minimum absolute atomic E-state index is 0.0275. The molecular formula is C14H22N2O2S. The molecule has 1 aliphatic carbocycles. The van der Waals surface area contributed by atoms with E-state index in [1.165, 1.54) is 18.9 Å². The van der Waals surface area contributed by atoms with Crippen LogP contribution in [0.25, 0.3) is 0 Å². The lowest BCUT2D eigenvalue weighted by Gasteiger charge is -2.15. The van der Waals surface area contributed by atoms with Gasteiger partial charge in [0.1, 0.15) is 0 Å². The second-order valence-electron chi connectivity index (χ2n) is 5.66. The Balaban J connectivity index is 2.18. The maximum Gasteiger partial charge on any atom is 0.240 e. The first-order valence-electron chi connectivity index (χ1n) is 6.68. The number of anilines is 1. The molecule has 1 aliphatic rings. The Morgan fingerprint density at radius 1 is 1.37 bits per heavy atom. The number of sulfonamides is 1. The van der Waals surface area contributed by atoms with Crippen LogP contribution >= 0.6 is 0 Å². The molecule has 1 fully saturated rings. The molecule has 0 aliphatic heterocycles. The van der Waals surface area contributed by atoms with E-state index < -0.39 is 10.0 Å². The third-order valence-corrected chi connectivity index (χ3v) is 5.30. The third-order valence-electron chi connectivity index (χ3n) is 3.73. The van der Waals surface area contributed by atoms with Crippen molar-refractivity contribution in [3.63, 3.8) is 0 Å². The lowest BCUT2D eigenvalue weighted by Crippen LogP contribution is -2.33. The molecule has 3 N–H and O–H groups in total. The van der Waals surface area contributed by atoms with E-state index >= 15 is 0 Å². The zero-order valence-electron chi connectivity index (χ0n) is 11.7. The van der Waals surface area contributed by atoms with Gasteiger partial charge in [-0.1, -0.05) is 12.8 Å². The Kier molecular flexibility index (Phi) is 3.87. The molecule has 2 rings (SSSR count). The number of hydrogen-bond donors (Lipinski definition) is 2. The first-order valence-corrected chi connectivity index (χ1v) is 8.17. The fraction of sp³-hybridized carbons (Fsp3) is 0.571. The van der Waals surface area contributed by atoms with Gasteiger partial charge in [-0.15, -0.1) is 0 Å². The molecule has 0 heterocycles. The third kappa shape index (κ3) is 3.48. The molecule has 1 aromatic rings.